The largest absolute Gasteiger partial charge is 0.343 e. The van der Waals surface area contributed by atoms with Gasteiger partial charge in [0.1, 0.15) is 23.7 Å². The Labute approximate surface area is 340 Å². The van der Waals surface area contributed by atoms with E-state index in [-0.39, 0.29) is 59.5 Å². The minimum atomic E-state index is -4.17. The van der Waals surface area contributed by atoms with Crippen molar-refractivity contribution in [2.75, 3.05) is 32.7 Å². The summed E-state index contributed by atoms with van der Waals surface area (Å²) < 4.78 is 29.6. The van der Waals surface area contributed by atoms with E-state index in [0.29, 0.717) is 13.0 Å². The van der Waals surface area contributed by atoms with E-state index in [1.54, 1.807) is 24.8 Å². The lowest BCUT2D eigenvalue weighted by molar-refractivity contribution is -0.145. The number of fused-ring (bicyclic) bond motifs is 1. The number of amides is 5. The first-order valence-electron chi connectivity index (χ1n) is 21.6. The third kappa shape index (κ3) is 7.23. The Bertz CT molecular complexity index is 1730. The van der Waals surface area contributed by atoms with Crippen LogP contribution in [0.2, 0.25) is 0 Å². The van der Waals surface area contributed by atoms with Gasteiger partial charge in [0.25, 0.3) is 5.91 Å². The molecule has 1 unspecified atom stereocenters. The van der Waals surface area contributed by atoms with Gasteiger partial charge >= 0.3 is 10.2 Å². The van der Waals surface area contributed by atoms with Gasteiger partial charge in [0.05, 0.1) is 6.04 Å². The van der Waals surface area contributed by atoms with Gasteiger partial charge < -0.3 is 20.9 Å². The maximum absolute atomic E-state index is 15.2. The zero-order valence-electron chi connectivity index (χ0n) is 35.7. The van der Waals surface area contributed by atoms with Crippen LogP contribution in [-0.2, 0) is 34.2 Å². The van der Waals surface area contributed by atoms with E-state index < -0.39 is 62.9 Å². The van der Waals surface area contributed by atoms with Crippen molar-refractivity contribution < 1.29 is 32.4 Å². The van der Waals surface area contributed by atoms with E-state index in [1.165, 1.54) is 0 Å². The fraction of sp³-hybridized carbons (Fsp3) is 0.833. The van der Waals surface area contributed by atoms with Crippen molar-refractivity contribution in [1.29, 1.82) is 0 Å². The zero-order chi connectivity index (χ0) is 41.9. The molecule has 57 heavy (non-hydrogen) atoms. The molecule has 2 saturated heterocycles. The van der Waals surface area contributed by atoms with Crippen LogP contribution in [0.15, 0.2) is 12.7 Å². The number of rotatable bonds is 15. The maximum Gasteiger partial charge on any atom is 0.303 e. The average molecular weight is 816 g/mol. The van der Waals surface area contributed by atoms with Crippen molar-refractivity contribution in [2.45, 2.75) is 156 Å². The highest BCUT2D eigenvalue weighted by Crippen LogP contribution is 2.88. The van der Waals surface area contributed by atoms with Crippen molar-refractivity contribution >= 4 is 39.7 Å². The van der Waals surface area contributed by atoms with Crippen molar-refractivity contribution in [3.05, 3.63) is 12.7 Å². The fourth-order valence-electron chi connectivity index (χ4n) is 11.7. The van der Waals surface area contributed by atoms with Gasteiger partial charge in [-0.25, -0.2) is 4.72 Å². The smallest absolute Gasteiger partial charge is 0.303 e. The van der Waals surface area contributed by atoms with Crippen LogP contribution in [-0.4, -0.2) is 114 Å². The minimum Gasteiger partial charge on any atom is -0.343 e. The predicted molar refractivity (Wildman–Crippen MR) is 217 cm³/mol. The van der Waals surface area contributed by atoms with Crippen LogP contribution >= 0.6 is 0 Å². The molecule has 320 valence electrons. The molecule has 6 fully saturated rings. The van der Waals surface area contributed by atoms with Crippen molar-refractivity contribution in [3.8, 4) is 0 Å². The molecule has 2 aliphatic heterocycles. The highest BCUT2D eigenvalue weighted by atomic mass is 32.2. The first-order chi connectivity index (χ1) is 26.7. The topological polar surface area (TPSA) is 177 Å². The standard InChI is InChI=1S/C42H69N7O7S/c1-10-28-24-42(28,37(54)46-57(55,56)48(12-3)13-4)45-34(51)30-25-41(39(8,9)40(41)21-17-22-40)26-49(30)36(53)32(38(5,6)7)44-35(52)31(27-18-14-15-19-27)43-33(50)29-20-16-23-47(29)11-2/h10,27-32H,1,11-26H2,2-9H3,(H,43,50)(H,44,52)(H,45,51)(H,46,54)/t28-,29+,30+,31?,32-,41-,42-/m1/s1. The Hall–Kier alpha value is -3.04. The van der Waals surface area contributed by atoms with Crippen LogP contribution in [0.3, 0.4) is 0 Å². The van der Waals surface area contributed by atoms with E-state index in [9.17, 15) is 27.6 Å². The number of carbonyl (C=O) groups excluding carboxylic acids is 5. The summed E-state index contributed by atoms with van der Waals surface area (Å²) in [4.78, 5) is 75.6. The van der Waals surface area contributed by atoms with Crippen LogP contribution in [0.5, 0.6) is 0 Å². The molecule has 6 aliphatic rings. The quantitative estimate of drug-likeness (QED) is 0.182. The molecule has 0 bridgehead atoms. The van der Waals surface area contributed by atoms with Gasteiger partial charge in [-0.2, -0.15) is 12.7 Å². The molecule has 14 nitrogen and oxygen atoms in total. The number of hydrogen-bond acceptors (Lipinski definition) is 8. The van der Waals surface area contributed by atoms with Crippen molar-refractivity contribution in [2.24, 2.45) is 33.5 Å². The molecule has 2 spiro atoms. The van der Waals surface area contributed by atoms with Crippen LogP contribution in [0, 0.1) is 33.5 Å². The second-order valence-electron chi connectivity index (χ2n) is 19.5. The third-order valence-electron chi connectivity index (χ3n) is 15.6. The molecule has 0 radical (unpaired) electrons. The van der Waals surface area contributed by atoms with Gasteiger partial charge in [0, 0.05) is 31.0 Å². The first-order valence-corrected chi connectivity index (χ1v) is 23.1. The van der Waals surface area contributed by atoms with Gasteiger partial charge in [-0.05, 0) is 86.6 Å². The Morgan fingerprint density at radius 1 is 0.877 bits per heavy atom. The summed E-state index contributed by atoms with van der Waals surface area (Å²) in [6, 6.07) is -3.06. The second kappa shape index (κ2) is 15.5. The molecular weight excluding hydrogens is 747 g/mol. The van der Waals surface area contributed by atoms with Crippen LogP contribution in [0.25, 0.3) is 0 Å². The highest BCUT2D eigenvalue weighted by Gasteiger charge is 2.85. The summed E-state index contributed by atoms with van der Waals surface area (Å²) in [5.41, 5.74) is -2.80. The Morgan fingerprint density at radius 2 is 1.53 bits per heavy atom. The molecule has 0 aromatic rings. The van der Waals surface area contributed by atoms with E-state index in [2.05, 4.69) is 46.0 Å². The monoisotopic (exact) mass is 815 g/mol. The van der Waals surface area contributed by atoms with E-state index >= 15 is 4.79 Å². The molecule has 7 atom stereocenters. The molecule has 0 aromatic heterocycles. The number of nitrogens with zero attached hydrogens (tertiary/aromatic N) is 3. The van der Waals surface area contributed by atoms with Crippen LogP contribution in [0.1, 0.15) is 126 Å². The van der Waals surface area contributed by atoms with Gasteiger partial charge in [0.2, 0.25) is 23.6 Å². The minimum absolute atomic E-state index is 0.0192. The highest BCUT2D eigenvalue weighted by molar-refractivity contribution is 7.87. The summed E-state index contributed by atoms with van der Waals surface area (Å²) in [5.74, 6) is -2.83. The molecule has 0 aromatic carbocycles. The molecule has 4 saturated carbocycles. The average Bonchev–Trinajstić information content (AvgIpc) is 3.54. The summed E-state index contributed by atoms with van der Waals surface area (Å²) in [6.45, 7) is 21.6. The van der Waals surface area contributed by atoms with Crippen molar-refractivity contribution in [1.82, 2.24) is 34.8 Å². The van der Waals surface area contributed by atoms with E-state index in [4.69, 9.17) is 0 Å². The lowest BCUT2D eigenvalue weighted by Gasteiger charge is -2.37. The molecule has 6 rings (SSSR count). The number of carbonyl (C=O) groups is 5. The molecule has 5 amide bonds. The molecule has 4 aliphatic carbocycles. The maximum atomic E-state index is 15.2. The Morgan fingerprint density at radius 3 is 2.04 bits per heavy atom. The summed E-state index contributed by atoms with van der Waals surface area (Å²) in [5, 5.41) is 9.18. The molecule has 2 heterocycles. The second-order valence-corrected chi connectivity index (χ2v) is 21.2. The number of likely N-dealkylation sites (tertiary alicyclic amines) is 2. The molecule has 15 heteroatoms. The first kappa shape index (κ1) is 43.5. The van der Waals surface area contributed by atoms with Crippen LogP contribution in [0.4, 0.5) is 0 Å². The number of nitrogens with one attached hydrogen (secondary N) is 4. The Balaban J connectivity index is 1.28. The van der Waals surface area contributed by atoms with Gasteiger partial charge in [-0.15, -0.1) is 6.58 Å². The van der Waals surface area contributed by atoms with Crippen LogP contribution < -0.4 is 20.7 Å². The number of hydrogen-bond donors (Lipinski definition) is 4. The van der Waals surface area contributed by atoms with E-state index in [1.807, 2.05) is 27.7 Å². The fourth-order valence-corrected chi connectivity index (χ4v) is 12.9. The molecule has 4 N–H and O–H groups in total. The van der Waals surface area contributed by atoms with Gasteiger partial charge in [-0.1, -0.05) is 80.7 Å². The van der Waals surface area contributed by atoms with Gasteiger partial charge in [0.15, 0.2) is 0 Å². The molecular formula is C42H69N7O7S. The zero-order valence-corrected chi connectivity index (χ0v) is 36.5. The van der Waals surface area contributed by atoms with Gasteiger partial charge in [-0.3, -0.25) is 28.9 Å². The summed E-state index contributed by atoms with van der Waals surface area (Å²) in [7, 11) is -4.17. The van der Waals surface area contributed by atoms with Crippen molar-refractivity contribution in [3.63, 3.8) is 0 Å². The summed E-state index contributed by atoms with van der Waals surface area (Å²) in [6.07, 6.45) is 10.4. The third-order valence-corrected chi connectivity index (χ3v) is 17.3. The lowest BCUT2D eigenvalue weighted by atomic mass is 9.73. The van der Waals surface area contributed by atoms with E-state index in [0.717, 1.165) is 75.2 Å². The lowest BCUT2D eigenvalue weighted by Crippen LogP contribution is -2.63. The Kier molecular flexibility index (Phi) is 11.9. The number of likely N-dealkylation sites (N-methyl/N-ethyl adjacent to an activating group) is 1. The predicted octanol–water partition coefficient (Wildman–Crippen LogP) is 3.24. The summed E-state index contributed by atoms with van der Waals surface area (Å²) >= 11 is 0. The SMILES string of the molecule is C=C[C@@H]1C[C@]1(NC(=O)[C@@H]1C[C@@]2(CN1C(=O)[C@@H](NC(=O)C(NC(=O)[C@@H]1CCCN1CC)C1CCCC1)C(C)(C)C)C(C)(C)C21CCC1)C(=O)NS(=O)(=O)N(CC)CC. The normalized spacial score (nSPS) is 31.5.